The Morgan fingerprint density at radius 2 is 2.27 bits per heavy atom. The van der Waals surface area contributed by atoms with Gasteiger partial charge in [-0.2, -0.15) is 15.4 Å². The van der Waals surface area contributed by atoms with Crippen LogP contribution in [0.1, 0.15) is 5.56 Å². The monoisotopic (exact) mass is 206 g/mol. The molecule has 5 nitrogen and oxygen atoms in total. The first kappa shape index (κ1) is 9.32. The van der Waals surface area contributed by atoms with Crippen molar-refractivity contribution in [3.05, 3.63) is 29.6 Å². The Bertz CT molecular complexity index is 546. The Kier molecular flexibility index (Phi) is 2.17. The predicted octanol–water partition coefficient (Wildman–Crippen LogP) is 0.596. The second kappa shape index (κ2) is 3.49. The van der Waals surface area contributed by atoms with E-state index >= 15 is 0 Å². The summed E-state index contributed by atoms with van der Waals surface area (Å²) in [5.41, 5.74) is 6.00. The van der Waals surface area contributed by atoms with Gasteiger partial charge in [-0.25, -0.2) is 4.39 Å². The minimum Gasteiger partial charge on any atom is -0.366 e. The maximum Gasteiger partial charge on any atom is 0.241 e. The highest BCUT2D eigenvalue weighted by Gasteiger charge is 2.05. The van der Waals surface area contributed by atoms with Crippen LogP contribution in [0.15, 0.2) is 18.2 Å². The molecule has 2 rings (SSSR count). The zero-order valence-corrected chi connectivity index (χ0v) is 7.57. The zero-order chi connectivity index (χ0) is 10.8. The lowest BCUT2D eigenvalue weighted by Gasteiger charge is -1.93. The van der Waals surface area contributed by atoms with Gasteiger partial charge in [0.2, 0.25) is 5.91 Å². The Morgan fingerprint density at radius 1 is 1.47 bits per heavy atom. The number of nitrogens with zero attached hydrogens (tertiary/aromatic N) is 2. The second-order valence-corrected chi connectivity index (χ2v) is 2.93. The van der Waals surface area contributed by atoms with Crippen molar-refractivity contribution in [2.45, 2.75) is 0 Å². The predicted molar refractivity (Wildman–Crippen MR) is 52.1 cm³/mol. The largest absolute Gasteiger partial charge is 0.366 e. The van der Waals surface area contributed by atoms with Gasteiger partial charge >= 0.3 is 0 Å². The summed E-state index contributed by atoms with van der Waals surface area (Å²) in [5.74, 6) is -1.08. The lowest BCUT2D eigenvalue weighted by molar-refractivity contribution is -0.113. The molecule has 6 heteroatoms. The van der Waals surface area contributed by atoms with Crippen LogP contribution in [0.2, 0.25) is 0 Å². The first-order valence-electron chi connectivity index (χ1n) is 4.14. The number of fused-ring (bicyclic) bond motifs is 1. The average Bonchev–Trinajstić information content (AvgIpc) is 2.63. The van der Waals surface area contributed by atoms with Gasteiger partial charge in [-0.15, -0.1) is 0 Å². The Hall–Kier alpha value is -2.24. The third kappa shape index (κ3) is 1.83. The van der Waals surface area contributed by atoms with Gasteiger partial charge in [0.25, 0.3) is 0 Å². The number of H-pyrrole nitrogens is 1. The summed E-state index contributed by atoms with van der Waals surface area (Å²) in [6.45, 7) is 0. The molecule has 0 unspecified atom stereocenters. The van der Waals surface area contributed by atoms with Gasteiger partial charge in [0.1, 0.15) is 11.0 Å². The molecular weight excluding hydrogens is 199 g/mol. The third-order valence-electron chi connectivity index (χ3n) is 1.84. The number of rotatable bonds is 2. The van der Waals surface area contributed by atoms with E-state index in [0.29, 0.717) is 11.1 Å². The molecule has 0 spiro atoms. The zero-order valence-electron chi connectivity index (χ0n) is 7.57. The summed E-state index contributed by atoms with van der Waals surface area (Å²) in [6.07, 6.45) is 2.57. The van der Waals surface area contributed by atoms with Crippen molar-refractivity contribution in [3.63, 3.8) is 0 Å². The lowest BCUT2D eigenvalue weighted by Crippen LogP contribution is -2.05. The quantitative estimate of drug-likeness (QED) is 0.705. The number of aromatic nitrogens is 3. The molecule has 0 aliphatic heterocycles. The van der Waals surface area contributed by atoms with Gasteiger partial charge in [0.15, 0.2) is 5.82 Å². The van der Waals surface area contributed by atoms with E-state index < -0.39 is 11.7 Å². The third-order valence-corrected chi connectivity index (χ3v) is 1.84. The smallest absolute Gasteiger partial charge is 0.241 e. The van der Waals surface area contributed by atoms with E-state index in [-0.39, 0.29) is 5.52 Å². The highest BCUT2D eigenvalue weighted by Crippen LogP contribution is 2.16. The highest BCUT2D eigenvalue weighted by atomic mass is 19.1. The van der Waals surface area contributed by atoms with E-state index in [4.69, 9.17) is 5.73 Å². The van der Waals surface area contributed by atoms with Crippen LogP contribution in [-0.4, -0.2) is 21.3 Å². The Labute approximate surface area is 83.8 Å². The number of carbonyl (C=O) groups excluding carboxylic acids is 1. The number of primary amides is 1. The maximum atomic E-state index is 13.3. The molecule has 0 aliphatic rings. The van der Waals surface area contributed by atoms with E-state index in [2.05, 4.69) is 15.4 Å². The molecule has 0 fully saturated rings. The molecule has 15 heavy (non-hydrogen) atoms. The molecule has 1 aromatic heterocycles. The van der Waals surface area contributed by atoms with Crippen molar-refractivity contribution < 1.29 is 9.18 Å². The molecule has 3 N–H and O–H groups in total. The van der Waals surface area contributed by atoms with Crippen LogP contribution in [0.5, 0.6) is 0 Å². The molecule has 0 bridgehead atoms. The minimum absolute atomic E-state index is 0.172. The van der Waals surface area contributed by atoms with E-state index in [1.165, 1.54) is 12.1 Å². The number of halogens is 1. The van der Waals surface area contributed by atoms with Crippen LogP contribution in [0.25, 0.3) is 17.1 Å². The van der Waals surface area contributed by atoms with E-state index in [9.17, 15) is 9.18 Å². The number of hydrogen-bond donors (Lipinski definition) is 2. The van der Waals surface area contributed by atoms with Gasteiger partial charge in [0, 0.05) is 6.08 Å². The van der Waals surface area contributed by atoms with Crippen LogP contribution >= 0.6 is 0 Å². The van der Waals surface area contributed by atoms with E-state index in [0.717, 1.165) is 6.08 Å². The van der Waals surface area contributed by atoms with Crippen molar-refractivity contribution in [1.29, 1.82) is 0 Å². The Balaban J connectivity index is 2.49. The summed E-state index contributed by atoms with van der Waals surface area (Å²) in [4.78, 5) is 10.5. The Morgan fingerprint density at radius 3 is 3.00 bits per heavy atom. The fourth-order valence-electron chi connectivity index (χ4n) is 1.20. The number of aromatic amines is 1. The van der Waals surface area contributed by atoms with Crippen LogP contribution < -0.4 is 5.73 Å². The van der Waals surface area contributed by atoms with Crippen LogP contribution in [0.4, 0.5) is 4.39 Å². The fraction of sp³-hybridized carbons (Fsp3) is 0. The van der Waals surface area contributed by atoms with Crippen molar-refractivity contribution in [2.75, 3.05) is 0 Å². The van der Waals surface area contributed by atoms with Crippen LogP contribution in [-0.2, 0) is 4.79 Å². The van der Waals surface area contributed by atoms with Gasteiger partial charge in [0.05, 0.1) is 0 Å². The molecule has 0 saturated carbocycles. The first-order chi connectivity index (χ1) is 7.16. The summed E-state index contributed by atoms with van der Waals surface area (Å²) in [7, 11) is 0. The lowest BCUT2D eigenvalue weighted by atomic mass is 10.2. The number of amides is 1. The SMILES string of the molecule is NC(=O)C=Cc1cc(F)c2n[nH]nc2c1. The molecule has 0 aliphatic carbocycles. The molecule has 0 atom stereocenters. The molecule has 0 saturated heterocycles. The normalized spacial score (nSPS) is 11.3. The van der Waals surface area contributed by atoms with Crippen molar-refractivity contribution in [1.82, 2.24) is 15.4 Å². The summed E-state index contributed by atoms with van der Waals surface area (Å²) >= 11 is 0. The average molecular weight is 206 g/mol. The van der Waals surface area contributed by atoms with Gasteiger partial charge in [-0.1, -0.05) is 0 Å². The van der Waals surface area contributed by atoms with E-state index in [1.54, 1.807) is 6.07 Å². The van der Waals surface area contributed by atoms with Gasteiger partial charge in [-0.3, -0.25) is 4.79 Å². The van der Waals surface area contributed by atoms with Crippen molar-refractivity contribution in [3.8, 4) is 0 Å². The van der Waals surface area contributed by atoms with Crippen LogP contribution in [0.3, 0.4) is 0 Å². The topological polar surface area (TPSA) is 84.7 Å². The molecule has 1 aromatic carbocycles. The first-order valence-corrected chi connectivity index (χ1v) is 4.14. The molecular formula is C9H7FN4O. The number of nitrogens with one attached hydrogen (secondary N) is 1. The molecule has 2 aromatic rings. The van der Waals surface area contributed by atoms with Gasteiger partial charge < -0.3 is 5.73 Å². The van der Waals surface area contributed by atoms with Crippen molar-refractivity contribution >= 4 is 23.0 Å². The number of carbonyl (C=O) groups is 1. The summed E-state index contributed by atoms with van der Waals surface area (Å²) < 4.78 is 13.3. The molecule has 1 heterocycles. The number of nitrogens with two attached hydrogens (primary N) is 1. The number of benzene rings is 1. The molecule has 0 radical (unpaired) electrons. The standard InChI is InChI=1S/C9H7FN4O/c10-6-3-5(1-2-8(11)15)4-7-9(6)13-14-12-7/h1-4H,(H2,11,15)(H,12,13,14). The van der Waals surface area contributed by atoms with E-state index in [1.807, 2.05) is 0 Å². The molecule has 76 valence electrons. The molecule has 1 amide bonds. The second-order valence-electron chi connectivity index (χ2n) is 2.93. The fourth-order valence-corrected chi connectivity index (χ4v) is 1.20. The number of hydrogen-bond acceptors (Lipinski definition) is 3. The summed E-state index contributed by atoms with van der Waals surface area (Å²) in [5, 5.41) is 9.68. The maximum absolute atomic E-state index is 13.3. The van der Waals surface area contributed by atoms with Crippen LogP contribution in [0, 0.1) is 5.82 Å². The van der Waals surface area contributed by atoms with Gasteiger partial charge in [-0.05, 0) is 23.8 Å². The van der Waals surface area contributed by atoms with Crippen molar-refractivity contribution in [2.24, 2.45) is 5.73 Å². The highest BCUT2D eigenvalue weighted by molar-refractivity contribution is 5.91. The summed E-state index contributed by atoms with van der Waals surface area (Å²) in [6, 6.07) is 2.85. The minimum atomic E-state index is -0.587.